The molecule has 212 valence electrons. The van der Waals surface area contributed by atoms with Crippen molar-refractivity contribution < 1.29 is 34.6 Å². The maximum atomic E-state index is 10.5. The molecule has 2 heterocycles. The lowest BCUT2D eigenvalue weighted by Crippen LogP contribution is -2.55. The van der Waals surface area contributed by atoms with Crippen LogP contribution in [0.5, 0.6) is 11.6 Å². The number of H-pyrrole nitrogens is 1. The number of ether oxygens (including phenoxy) is 3. The molecule has 0 aliphatic carbocycles. The molecule has 4 rings (SSSR count). The van der Waals surface area contributed by atoms with E-state index in [1.54, 1.807) is 0 Å². The third kappa shape index (κ3) is 7.33. The first-order valence-electron chi connectivity index (χ1n) is 13.2. The van der Waals surface area contributed by atoms with Gasteiger partial charge in [-0.2, -0.15) is 0 Å². The van der Waals surface area contributed by atoms with Crippen molar-refractivity contribution in [3.8, 4) is 11.6 Å². The van der Waals surface area contributed by atoms with Gasteiger partial charge in [0.1, 0.15) is 24.6 Å². The monoisotopic (exact) mass is 558 g/mol. The van der Waals surface area contributed by atoms with E-state index >= 15 is 0 Å². The molecule has 10 heteroatoms. The third-order valence-electron chi connectivity index (χ3n) is 6.80. The van der Waals surface area contributed by atoms with Crippen molar-refractivity contribution in [2.45, 2.75) is 68.7 Å². The molecule has 9 nitrogen and oxygen atoms in total. The summed E-state index contributed by atoms with van der Waals surface area (Å²) in [6.45, 7) is 7.25. The molecule has 1 aliphatic rings. The van der Waals surface area contributed by atoms with Gasteiger partial charge in [-0.25, -0.2) is 0 Å². The zero-order chi connectivity index (χ0) is 27.9. The van der Waals surface area contributed by atoms with Crippen LogP contribution in [0.15, 0.2) is 48.5 Å². The van der Waals surface area contributed by atoms with E-state index < -0.39 is 29.0 Å². The van der Waals surface area contributed by atoms with Crippen molar-refractivity contribution >= 4 is 11.8 Å². The molecular weight excluding hydrogens is 520 g/mol. The highest BCUT2D eigenvalue weighted by atomic mass is 32.2. The Morgan fingerprint density at radius 2 is 1.77 bits per heavy atom. The quantitative estimate of drug-likeness (QED) is 0.213. The van der Waals surface area contributed by atoms with Crippen LogP contribution >= 0.6 is 11.8 Å². The lowest BCUT2D eigenvalue weighted by molar-refractivity contribution is -0.0915. The number of aliphatic hydroxyl groups is 4. The maximum Gasteiger partial charge on any atom is 0.237 e. The minimum absolute atomic E-state index is 0.144. The van der Waals surface area contributed by atoms with E-state index in [9.17, 15) is 20.4 Å². The summed E-state index contributed by atoms with van der Waals surface area (Å²) in [6, 6.07) is 16.0. The fourth-order valence-corrected chi connectivity index (χ4v) is 5.73. The van der Waals surface area contributed by atoms with Gasteiger partial charge in [-0.15, -0.1) is 16.9 Å². The standard InChI is InChI=1S/C29H38N2O7S/c1-17(2)24-22(28(31-30-24)38-29-27(35)26(34)25(33)23(15-32)39-29)14-20-9-10-21(13-18(20)3)37-12-11-36-16-19-7-5-4-6-8-19/h4-10,13,17,23,25-27,29,32-35H,11-12,14-16H2,1-3H3,(H,30,31)/t23-,25-,26+,27-,29-/m1/s1. The second-order valence-corrected chi connectivity index (χ2v) is 11.4. The van der Waals surface area contributed by atoms with Gasteiger partial charge in [-0.3, -0.25) is 5.10 Å². The SMILES string of the molecule is Cc1cc(OCCOCc2ccccc2)ccc1Cc1c(O[C@@H]2S[C@H](CO)[C@@H](O)[C@H](O)[C@H]2O)n[nH]c1C(C)C. The van der Waals surface area contributed by atoms with Gasteiger partial charge in [0.05, 0.1) is 31.2 Å². The molecule has 1 aromatic heterocycles. The Labute approximate surface area is 233 Å². The van der Waals surface area contributed by atoms with E-state index in [-0.39, 0.29) is 12.5 Å². The average molecular weight is 559 g/mol. The van der Waals surface area contributed by atoms with Crippen molar-refractivity contribution in [3.63, 3.8) is 0 Å². The van der Waals surface area contributed by atoms with Gasteiger partial charge in [0.25, 0.3) is 0 Å². The number of rotatable bonds is 12. The molecule has 1 aliphatic heterocycles. The first kappa shape index (κ1) is 29.4. The average Bonchev–Trinajstić information content (AvgIpc) is 3.33. The van der Waals surface area contributed by atoms with Gasteiger partial charge in [-0.1, -0.05) is 50.2 Å². The van der Waals surface area contributed by atoms with Crippen LogP contribution < -0.4 is 9.47 Å². The van der Waals surface area contributed by atoms with Crippen LogP contribution in [-0.2, 0) is 17.8 Å². The fourth-order valence-electron chi connectivity index (χ4n) is 4.51. The summed E-state index contributed by atoms with van der Waals surface area (Å²) in [7, 11) is 0. The normalized spacial score (nSPS) is 23.2. The summed E-state index contributed by atoms with van der Waals surface area (Å²) in [5.41, 5.74) is 4.10. The molecule has 5 atom stereocenters. The molecule has 5 N–H and O–H groups in total. The number of aromatic amines is 1. The number of aromatic nitrogens is 2. The lowest BCUT2D eigenvalue weighted by atomic mass is 9.97. The predicted molar refractivity (Wildman–Crippen MR) is 149 cm³/mol. The largest absolute Gasteiger partial charge is 0.491 e. The summed E-state index contributed by atoms with van der Waals surface area (Å²) in [6.07, 6.45) is -3.49. The molecule has 0 bridgehead atoms. The van der Waals surface area contributed by atoms with Crippen LogP contribution in [0.25, 0.3) is 0 Å². The van der Waals surface area contributed by atoms with Crippen LogP contribution in [0.3, 0.4) is 0 Å². The highest BCUT2D eigenvalue weighted by molar-refractivity contribution is 8.00. The highest BCUT2D eigenvalue weighted by Crippen LogP contribution is 2.37. The Balaban J connectivity index is 1.40. The van der Waals surface area contributed by atoms with Crippen LogP contribution in [0, 0.1) is 6.92 Å². The Kier molecular flexibility index (Phi) is 10.3. The van der Waals surface area contributed by atoms with E-state index in [1.807, 2.05) is 55.5 Å². The number of thioether (sulfide) groups is 1. The fraction of sp³-hybridized carbons (Fsp3) is 0.483. The summed E-state index contributed by atoms with van der Waals surface area (Å²) in [5.74, 6) is 1.23. The smallest absolute Gasteiger partial charge is 0.237 e. The van der Waals surface area contributed by atoms with Gasteiger partial charge < -0.3 is 34.6 Å². The van der Waals surface area contributed by atoms with E-state index in [0.29, 0.717) is 32.1 Å². The molecular formula is C29H38N2O7S. The molecule has 0 unspecified atom stereocenters. The van der Waals surface area contributed by atoms with Crippen molar-refractivity contribution in [2.75, 3.05) is 19.8 Å². The molecule has 3 aromatic rings. The number of aliphatic hydroxyl groups excluding tert-OH is 4. The molecule has 39 heavy (non-hydrogen) atoms. The molecule has 0 radical (unpaired) electrons. The Bertz CT molecular complexity index is 1190. The Hall–Kier alpha value is -2.60. The third-order valence-corrected chi connectivity index (χ3v) is 8.22. The van der Waals surface area contributed by atoms with Gasteiger partial charge in [0.2, 0.25) is 5.88 Å². The van der Waals surface area contributed by atoms with Gasteiger partial charge in [-0.05, 0) is 41.7 Å². The van der Waals surface area contributed by atoms with Crippen LogP contribution in [0.2, 0.25) is 0 Å². The van der Waals surface area contributed by atoms with Crippen molar-refractivity contribution in [1.29, 1.82) is 0 Å². The second kappa shape index (κ2) is 13.6. The highest BCUT2D eigenvalue weighted by Gasteiger charge is 2.44. The number of aryl methyl sites for hydroxylation is 1. The van der Waals surface area contributed by atoms with E-state index in [0.717, 1.165) is 45.5 Å². The Morgan fingerprint density at radius 3 is 2.46 bits per heavy atom. The summed E-state index contributed by atoms with van der Waals surface area (Å²) < 4.78 is 17.7. The number of nitrogens with one attached hydrogen (secondary N) is 1. The van der Waals surface area contributed by atoms with Gasteiger partial charge in [0, 0.05) is 17.7 Å². The van der Waals surface area contributed by atoms with Crippen molar-refractivity contribution in [3.05, 3.63) is 76.5 Å². The lowest BCUT2D eigenvalue weighted by Gasteiger charge is -2.38. The van der Waals surface area contributed by atoms with E-state index in [1.165, 1.54) is 0 Å². The van der Waals surface area contributed by atoms with E-state index in [2.05, 4.69) is 24.0 Å². The summed E-state index contributed by atoms with van der Waals surface area (Å²) >= 11 is 1.08. The van der Waals surface area contributed by atoms with Gasteiger partial charge >= 0.3 is 0 Å². The minimum Gasteiger partial charge on any atom is -0.491 e. The predicted octanol–water partition coefficient (Wildman–Crippen LogP) is 2.92. The van der Waals surface area contributed by atoms with Crippen molar-refractivity contribution in [2.24, 2.45) is 0 Å². The minimum atomic E-state index is -1.43. The Morgan fingerprint density at radius 1 is 1.00 bits per heavy atom. The van der Waals surface area contributed by atoms with Crippen LogP contribution in [0.4, 0.5) is 0 Å². The second-order valence-electron chi connectivity index (χ2n) is 10.0. The van der Waals surface area contributed by atoms with E-state index in [4.69, 9.17) is 14.2 Å². The number of nitrogens with zero attached hydrogens (tertiary/aromatic N) is 1. The first-order valence-corrected chi connectivity index (χ1v) is 14.1. The van der Waals surface area contributed by atoms with Crippen LogP contribution in [-0.4, -0.2) is 79.4 Å². The maximum absolute atomic E-state index is 10.5. The molecule has 2 aromatic carbocycles. The number of hydrogen-bond donors (Lipinski definition) is 5. The molecule has 0 saturated carbocycles. The molecule has 1 saturated heterocycles. The molecule has 0 spiro atoms. The van der Waals surface area contributed by atoms with Gasteiger partial charge in [0.15, 0.2) is 5.44 Å². The molecule has 0 amide bonds. The molecule has 1 fully saturated rings. The zero-order valence-corrected chi connectivity index (χ0v) is 23.3. The topological polar surface area (TPSA) is 137 Å². The first-order chi connectivity index (χ1) is 18.8. The summed E-state index contributed by atoms with van der Waals surface area (Å²) in [4.78, 5) is 0. The zero-order valence-electron chi connectivity index (χ0n) is 22.5. The number of hydrogen-bond acceptors (Lipinski definition) is 9. The van der Waals surface area contributed by atoms with Crippen molar-refractivity contribution in [1.82, 2.24) is 10.2 Å². The number of benzene rings is 2. The van der Waals surface area contributed by atoms with Crippen LogP contribution in [0.1, 0.15) is 47.7 Å². The summed E-state index contributed by atoms with van der Waals surface area (Å²) in [5, 5.41) is 47.2.